The lowest BCUT2D eigenvalue weighted by molar-refractivity contribution is 0.0701. The summed E-state index contributed by atoms with van der Waals surface area (Å²) in [4.78, 5) is 9.49. The van der Waals surface area contributed by atoms with Crippen LogP contribution < -0.4 is 0 Å². The van der Waals surface area contributed by atoms with Gasteiger partial charge in [0.1, 0.15) is 17.3 Å². The van der Waals surface area contributed by atoms with Crippen molar-refractivity contribution in [1.29, 1.82) is 0 Å². The van der Waals surface area contributed by atoms with Gasteiger partial charge in [0.05, 0.1) is 26.3 Å². The maximum absolute atomic E-state index is 5.99. The van der Waals surface area contributed by atoms with Crippen LogP contribution in [0.1, 0.15) is 23.8 Å². The van der Waals surface area contributed by atoms with Gasteiger partial charge >= 0.3 is 0 Å². The van der Waals surface area contributed by atoms with E-state index in [9.17, 15) is 0 Å². The van der Waals surface area contributed by atoms with Crippen LogP contribution in [-0.4, -0.2) is 58.7 Å². The third-order valence-corrected chi connectivity index (χ3v) is 5.50. The minimum Gasteiger partial charge on any atom is -0.465 e. The zero-order valence-corrected chi connectivity index (χ0v) is 15.3. The molecule has 0 saturated carbocycles. The van der Waals surface area contributed by atoms with Crippen LogP contribution in [0.4, 0.5) is 0 Å². The van der Waals surface area contributed by atoms with Crippen LogP contribution in [0.5, 0.6) is 0 Å². The molecule has 2 aromatic rings. The number of ether oxygens (including phenoxy) is 1. The number of rotatable bonds is 4. The van der Waals surface area contributed by atoms with Crippen LogP contribution in [0, 0.1) is 12.3 Å². The van der Waals surface area contributed by atoms with Gasteiger partial charge in [-0.25, -0.2) is 4.98 Å². The molecule has 1 spiro atoms. The van der Waals surface area contributed by atoms with E-state index in [0.717, 1.165) is 69.8 Å². The van der Waals surface area contributed by atoms with Crippen LogP contribution >= 0.6 is 0 Å². The van der Waals surface area contributed by atoms with Crippen molar-refractivity contribution in [3.05, 3.63) is 41.9 Å². The van der Waals surface area contributed by atoms with Gasteiger partial charge < -0.3 is 13.7 Å². The number of aryl methyl sites for hydroxylation is 2. The molecule has 0 radical (unpaired) electrons. The lowest BCUT2D eigenvalue weighted by Gasteiger charge is -2.31. The van der Waals surface area contributed by atoms with Crippen molar-refractivity contribution < 1.29 is 9.15 Å². The Hall–Kier alpha value is -1.63. The van der Waals surface area contributed by atoms with E-state index in [1.807, 2.05) is 25.4 Å². The maximum atomic E-state index is 5.99. The summed E-state index contributed by atoms with van der Waals surface area (Å²) in [7, 11) is 2.07. The highest BCUT2D eigenvalue weighted by atomic mass is 16.5. The van der Waals surface area contributed by atoms with Crippen molar-refractivity contribution in [2.45, 2.75) is 26.4 Å². The fourth-order valence-electron chi connectivity index (χ4n) is 4.17. The molecule has 2 aliphatic heterocycles. The molecule has 136 valence electrons. The highest BCUT2D eigenvalue weighted by Gasteiger charge is 2.41. The Balaban J connectivity index is 1.41. The number of furan rings is 1. The van der Waals surface area contributed by atoms with Crippen molar-refractivity contribution in [2.75, 3.05) is 39.4 Å². The summed E-state index contributed by atoms with van der Waals surface area (Å²) in [5.74, 6) is 3.17. The van der Waals surface area contributed by atoms with E-state index in [0.29, 0.717) is 0 Å². The Kier molecular flexibility index (Phi) is 4.67. The van der Waals surface area contributed by atoms with Gasteiger partial charge in [-0.05, 0) is 32.0 Å². The predicted octanol–water partition coefficient (Wildman–Crippen LogP) is 2.05. The molecular formula is C19H28N4O2. The predicted molar refractivity (Wildman–Crippen MR) is 95.1 cm³/mol. The lowest BCUT2D eigenvalue weighted by Crippen LogP contribution is -2.40. The van der Waals surface area contributed by atoms with E-state index in [-0.39, 0.29) is 5.41 Å². The van der Waals surface area contributed by atoms with Crippen molar-refractivity contribution >= 4 is 0 Å². The summed E-state index contributed by atoms with van der Waals surface area (Å²) in [5, 5.41) is 0. The van der Waals surface area contributed by atoms with Gasteiger partial charge in [-0.3, -0.25) is 9.80 Å². The SMILES string of the molecule is Cc1ccc(CN2CCOC[C@@]3(CCN(Cc4nccn4C)C3)C2)o1. The average molecular weight is 344 g/mol. The van der Waals surface area contributed by atoms with E-state index in [2.05, 4.69) is 32.5 Å². The second kappa shape index (κ2) is 6.94. The van der Waals surface area contributed by atoms with Crippen LogP contribution in [0.3, 0.4) is 0 Å². The molecule has 0 N–H and O–H groups in total. The number of nitrogens with zero attached hydrogens (tertiary/aromatic N) is 4. The quantitative estimate of drug-likeness (QED) is 0.849. The molecular weight excluding hydrogens is 316 g/mol. The van der Waals surface area contributed by atoms with Crippen LogP contribution in [0.15, 0.2) is 28.9 Å². The molecule has 4 heterocycles. The Labute approximate surface area is 149 Å². The third-order valence-electron chi connectivity index (χ3n) is 5.50. The molecule has 2 fully saturated rings. The number of aromatic nitrogens is 2. The van der Waals surface area contributed by atoms with E-state index < -0.39 is 0 Å². The Morgan fingerprint density at radius 3 is 2.72 bits per heavy atom. The first-order valence-corrected chi connectivity index (χ1v) is 9.16. The molecule has 0 bridgehead atoms. The maximum Gasteiger partial charge on any atom is 0.122 e. The molecule has 0 unspecified atom stereocenters. The number of hydrogen-bond donors (Lipinski definition) is 0. The Morgan fingerprint density at radius 2 is 2.00 bits per heavy atom. The summed E-state index contributed by atoms with van der Waals surface area (Å²) in [6.07, 6.45) is 5.08. The standard InChI is InChI=1S/C19H28N4O2/c1-16-3-4-17(25-16)11-23-9-10-24-15-19(14-23)5-7-22(13-19)12-18-20-6-8-21(18)2/h3-4,6,8H,5,7,9-15H2,1-2H3/t19-/m1/s1. The first kappa shape index (κ1) is 16.8. The fourth-order valence-corrected chi connectivity index (χ4v) is 4.17. The summed E-state index contributed by atoms with van der Waals surface area (Å²) < 4.78 is 13.9. The fraction of sp³-hybridized carbons (Fsp3) is 0.632. The zero-order chi connectivity index (χ0) is 17.3. The molecule has 2 aromatic heterocycles. The van der Waals surface area contributed by atoms with Gasteiger partial charge in [0.2, 0.25) is 0 Å². The zero-order valence-electron chi connectivity index (χ0n) is 15.3. The second-order valence-electron chi connectivity index (χ2n) is 7.69. The van der Waals surface area contributed by atoms with Crippen LogP contribution in [-0.2, 0) is 24.9 Å². The van der Waals surface area contributed by atoms with E-state index in [1.54, 1.807) is 0 Å². The monoisotopic (exact) mass is 344 g/mol. The second-order valence-corrected chi connectivity index (χ2v) is 7.69. The molecule has 25 heavy (non-hydrogen) atoms. The van der Waals surface area contributed by atoms with Gasteiger partial charge in [-0.2, -0.15) is 0 Å². The minimum absolute atomic E-state index is 0.225. The molecule has 0 amide bonds. The van der Waals surface area contributed by atoms with Gasteiger partial charge in [-0.15, -0.1) is 0 Å². The van der Waals surface area contributed by atoms with Gasteiger partial charge in [-0.1, -0.05) is 0 Å². The molecule has 0 aliphatic carbocycles. The lowest BCUT2D eigenvalue weighted by atomic mass is 9.87. The molecule has 6 heteroatoms. The molecule has 0 aromatic carbocycles. The number of likely N-dealkylation sites (tertiary alicyclic amines) is 1. The molecule has 2 aliphatic rings. The first-order valence-electron chi connectivity index (χ1n) is 9.16. The Bertz CT molecular complexity index is 710. The first-order chi connectivity index (χ1) is 12.1. The van der Waals surface area contributed by atoms with Crippen molar-refractivity contribution in [1.82, 2.24) is 19.4 Å². The summed E-state index contributed by atoms with van der Waals surface area (Å²) >= 11 is 0. The number of hydrogen-bond acceptors (Lipinski definition) is 5. The smallest absolute Gasteiger partial charge is 0.122 e. The van der Waals surface area contributed by atoms with E-state index in [1.165, 1.54) is 6.42 Å². The van der Waals surface area contributed by atoms with Gasteiger partial charge in [0, 0.05) is 44.5 Å². The van der Waals surface area contributed by atoms with Crippen molar-refractivity contribution in [2.24, 2.45) is 12.5 Å². The third kappa shape index (κ3) is 3.81. The summed E-state index contributed by atoms with van der Waals surface area (Å²) in [6, 6.07) is 4.14. The topological polar surface area (TPSA) is 46.7 Å². The normalized spacial score (nSPS) is 25.7. The highest BCUT2D eigenvalue weighted by molar-refractivity contribution is 5.06. The largest absolute Gasteiger partial charge is 0.465 e. The molecule has 4 rings (SSSR count). The van der Waals surface area contributed by atoms with E-state index >= 15 is 0 Å². The Morgan fingerprint density at radius 1 is 1.16 bits per heavy atom. The van der Waals surface area contributed by atoms with Crippen molar-refractivity contribution in [3.63, 3.8) is 0 Å². The minimum atomic E-state index is 0.225. The molecule has 2 saturated heterocycles. The van der Waals surface area contributed by atoms with Crippen molar-refractivity contribution in [3.8, 4) is 0 Å². The number of imidazole rings is 1. The summed E-state index contributed by atoms with van der Waals surface area (Å²) in [5.41, 5.74) is 0.225. The van der Waals surface area contributed by atoms with E-state index in [4.69, 9.17) is 9.15 Å². The van der Waals surface area contributed by atoms with Crippen LogP contribution in [0.2, 0.25) is 0 Å². The molecule has 1 atom stereocenters. The van der Waals surface area contributed by atoms with Gasteiger partial charge in [0.15, 0.2) is 0 Å². The highest BCUT2D eigenvalue weighted by Crippen LogP contribution is 2.34. The van der Waals surface area contributed by atoms with Crippen LogP contribution in [0.25, 0.3) is 0 Å². The average Bonchev–Trinajstić information content (AvgIpc) is 3.23. The molecule has 6 nitrogen and oxygen atoms in total. The van der Waals surface area contributed by atoms with Gasteiger partial charge in [0.25, 0.3) is 0 Å². The summed E-state index contributed by atoms with van der Waals surface area (Å²) in [6.45, 7) is 9.70.